The molecule has 6 nitrogen and oxygen atoms in total. The highest BCUT2D eigenvalue weighted by Gasteiger charge is 2.20. The summed E-state index contributed by atoms with van der Waals surface area (Å²) < 4.78 is 5.41. The van der Waals surface area contributed by atoms with Crippen LogP contribution >= 0.6 is 11.3 Å². The van der Waals surface area contributed by atoms with Gasteiger partial charge in [0.05, 0.1) is 30.7 Å². The molecule has 0 bridgehead atoms. The third-order valence-corrected chi connectivity index (χ3v) is 5.38. The predicted octanol–water partition coefficient (Wildman–Crippen LogP) is 1.98. The maximum atomic E-state index is 12.4. The van der Waals surface area contributed by atoms with Crippen molar-refractivity contribution >= 4 is 23.2 Å². The second kappa shape index (κ2) is 9.64. The van der Waals surface area contributed by atoms with E-state index in [9.17, 15) is 9.59 Å². The molecule has 2 amide bonds. The molecule has 0 unspecified atom stereocenters. The van der Waals surface area contributed by atoms with E-state index in [1.54, 1.807) is 6.07 Å². The Morgan fingerprint density at radius 1 is 1.19 bits per heavy atom. The number of nitrogens with one attached hydrogen (secondary N) is 2. The number of morpholine rings is 1. The SMILES string of the molecule is Cc1ccc([C@@H](CN2CCOCC2)NC(=O)CNC(=O)c2cccs2)cc1. The van der Waals surface area contributed by atoms with E-state index < -0.39 is 0 Å². The minimum absolute atomic E-state index is 0.0395. The lowest BCUT2D eigenvalue weighted by atomic mass is 10.0. The lowest BCUT2D eigenvalue weighted by Crippen LogP contribution is -2.45. The lowest BCUT2D eigenvalue weighted by Gasteiger charge is -2.31. The van der Waals surface area contributed by atoms with Gasteiger partial charge in [0.1, 0.15) is 0 Å². The molecular formula is C20H25N3O3S. The molecule has 27 heavy (non-hydrogen) atoms. The van der Waals surface area contributed by atoms with Gasteiger partial charge in [0.25, 0.3) is 5.91 Å². The maximum absolute atomic E-state index is 12.4. The van der Waals surface area contributed by atoms with Crippen LogP contribution in [0.5, 0.6) is 0 Å². The largest absolute Gasteiger partial charge is 0.379 e. The van der Waals surface area contributed by atoms with Crippen LogP contribution in [0.25, 0.3) is 0 Å². The molecule has 0 radical (unpaired) electrons. The van der Waals surface area contributed by atoms with Gasteiger partial charge in [0, 0.05) is 19.6 Å². The lowest BCUT2D eigenvalue weighted by molar-refractivity contribution is -0.121. The average molecular weight is 388 g/mol. The molecule has 2 N–H and O–H groups in total. The molecule has 3 rings (SSSR count). The van der Waals surface area contributed by atoms with E-state index in [2.05, 4.69) is 15.5 Å². The Balaban J connectivity index is 1.60. The number of benzene rings is 1. The van der Waals surface area contributed by atoms with Gasteiger partial charge >= 0.3 is 0 Å². The Bertz CT molecular complexity index is 740. The van der Waals surface area contributed by atoms with Crippen molar-refractivity contribution in [2.24, 2.45) is 0 Å². The van der Waals surface area contributed by atoms with Crippen LogP contribution in [0.3, 0.4) is 0 Å². The number of carbonyl (C=O) groups excluding carboxylic acids is 2. The van der Waals surface area contributed by atoms with E-state index in [0.29, 0.717) is 18.1 Å². The van der Waals surface area contributed by atoms with Gasteiger partial charge in [-0.2, -0.15) is 0 Å². The van der Waals surface area contributed by atoms with Crippen LogP contribution in [0.4, 0.5) is 0 Å². The first kappa shape index (κ1) is 19.5. The van der Waals surface area contributed by atoms with Crippen LogP contribution < -0.4 is 10.6 Å². The maximum Gasteiger partial charge on any atom is 0.261 e. The third kappa shape index (κ3) is 5.89. The first-order valence-corrected chi connectivity index (χ1v) is 9.97. The topological polar surface area (TPSA) is 70.7 Å². The molecule has 0 aliphatic carbocycles. The molecule has 1 fully saturated rings. The summed E-state index contributed by atoms with van der Waals surface area (Å²) in [5.41, 5.74) is 2.24. The van der Waals surface area contributed by atoms with E-state index in [4.69, 9.17) is 4.74 Å². The van der Waals surface area contributed by atoms with Crippen molar-refractivity contribution in [3.8, 4) is 0 Å². The molecule has 1 aromatic heterocycles. The first-order chi connectivity index (χ1) is 13.1. The molecule has 144 valence electrons. The van der Waals surface area contributed by atoms with Crippen molar-refractivity contribution < 1.29 is 14.3 Å². The summed E-state index contributed by atoms with van der Waals surface area (Å²) in [6, 6.07) is 11.6. The number of nitrogens with zero attached hydrogens (tertiary/aromatic N) is 1. The fraction of sp³-hybridized carbons (Fsp3) is 0.400. The zero-order valence-electron chi connectivity index (χ0n) is 15.4. The average Bonchev–Trinajstić information content (AvgIpc) is 3.22. The van der Waals surface area contributed by atoms with E-state index >= 15 is 0 Å². The summed E-state index contributed by atoms with van der Waals surface area (Å²) in [6.07, 6.45) is 0. The highest BCUT2D eigenvalue weighted by molar-refractivity contribution is 7.12. The first-order valence-electron chi connectivity index (χ1n) is 9.09. The molecule has 7 heteroatoms. The van der Waals surface area contributed by atoms with Crippen LogP contribution in [0.2, 0.25) is 0 Å². The number of carbonyl (C=O) groups is 2. The van der Waals surface area contributed by atoms with Crippen molar-refractivity contribution in [3.05, 3.63) is 57.8 Å². The quantitative estimate of drug-likeness (QED) is 0.762. The van der Waals surface area contributed by atoms with Crippen LogP contribution in [0.1, 0.15) is 26.8 Å². The van der Waals surface area contributed by atoms with E-state index in [0.717, 1.165) is 25.2 Å². The number of hydrogen-bond donors (Lipinski definition) is 2. The molecule has 0 spiro atoms. The molecule has 1 aromatic carbocycles. The number of ether oxygens (including phenoxy) is 1. The third-order valence-electron chi connectivity index (χ3n) is 4.51. The fourth-order valence-electron chi connectivity index (χ4n) is 2.98. The molecule has 2 heterocycles. The number of aryl methyl sites for hydroxylation is 1. The van der Waals surface area contributed by atoms with Crippen LogP contribution in [-0.2, 0) is 9.53 Å². The van der Waals surface area contributed by atoms with Crippen molar-refractivity contribution in [1.82, 2.24) is 15.5 Å². The Labute approximate surface area is 163 Å². The number of hydrogen-bond acceptors (Lipinski definition) is 5. The summed E-state index contributed by atoms with van der Waals surface area (Å²) in [5, 5.41) is 7.59. The van der Waals surface area contributed by atoms with Crippen molar-refractivity contribution in [1.29, 1.82) is 0 Å². The highest BCUT2D eigenvalue weighted by atomic mass is 32.1. The van der Waals surface area contributed by atoms with Crippen molar-refractivity contribution in [2.45, 2.75) is 13.0 Å². The number of rotatable bonds is 7. The standard InChI is InChI=1S/C20H25N3O3S/c1-15-4-6-16(7-5-15)17(14-23-8-10-26-11-9-23)22-19(24)13-21-20(25)18-3-2-12-27-18/h2-7,12,17H,8-11,13-14H2,1H3,(H,21,25)(H,22,24)/t17-/m1/s1. The molecule has 0 saturated carbocycles. The molecular weight excluding hydrogens is 362 g/mol. The molecule has 1 aliphatic heterocycles. The molecule has 2 aromatic rings. The Hall–Kier alpha value is -2.22. The van der Waals surface area contributed by atoms with Gasteiger partial charge < -0.3 is 15.4 Å². The molecule has 1 saturated heterocycles. The van der Waals surface area contributed by atoms with Crippen molar-refractivity contribution in [2.75, 3.05) is 39.4 Å². The summed E-state index contributed by atoms with van der Waals surface area (Å²) in [4.78, 5) is 27.4. The van der Waals surface area contributed by atoms with Crippen molar-refractivity contribution in [3.63, 3.8) is 0 Å². The molecule has 1 aliphatic rings. The Kier molecular flexibility index (Phi) is 6.98. The number of thiophene rings is 1. The van der Waals surface area contributed by atoms with Crippen LogP contribution in [-0.4, -0.2) is 56.1 Å². The van der Waals surface area contributed by atoms with Gasteiger partial charge in [0.15, 0.2) is 0 Å². The van der Waals surface area contributed by atoms with E-state index in [1.165, 1.54) is 16.9 Å². The summed E-state index contributed by atoms with van der Waals surface area (Å²) in [6.45, 7) is 5.86. The van der Waals surface area contributed by atoms with E-state index in [1.807, 2.05) is 42.6 Å². The number of amides is 2. The highest BCUT2D eigenvalue weighted by Crippen LogP contribution is 2.16. The monoisotopic (exact) mass is 387 g/mol. The zero-order chi connectivity index (χ0) is 19.1. The smallest absolute Gasteiger partial charge is 0.261 e. The second-order valence-electron chi connectivity index (χ2n) is 6.60. The van der Waals surface area contributed by atoms with Gasteiger partial charge in [-0.25, -0.2) is 0 Å². The Morgan fingerprint density at radius 3 is 2.59 bits per heavy atom. The Morgan fingerprint density at radius 2 is 1.93 bits per heavy atom. The second-order valence-corrected chi connectivity index (χ2v) is 7.55. The van der Waals surface area contributed by atoms with Crippen LogP contribution in [0, 0.1) is 6.92 Å². The van der Waals surface area contributed by atoms with E-state index in [-0.39, 0.29) is 24.4 Å². The fourth-order valence-corrected chi connectivity index (χ4v) is 3.62. The molecule has 1 atom stereocenters. The van der Waals surface area contributed by atoms with Gasteiger partial charge in [-0.05, 0) is 23.9 Å². The summed E-state index contributed by atoms with van der Waals surface area (Å²) >= 11 is 1.36. The van der Waals surface area contributed by atoms with Gasteiger partial charge in [-0.3, -0.25) is 14.5 Å². The summed E-state index contributed by atoms with van der Waals surface area (Å²) in [5.74, 6) is -0.418. The van der Waals surface area contributed by atoms with Gasteiger partial charge in [-0.15, -0.1) is 11.3 Å². The normalized spacial score (nSPS) is 15.9. The van der Waals surface area contributed by atoms with Gasteiger partial charge in [0.2, 0.25) is 5.91 Å². The minimum Gasteiger partial charge on any atom is -0.379 e. The zero-order valence-corrected chi connectivity index (χ0v) is 16.3. The van der Waals surface area contributed by atoms with Gasteiger partial charge in [-0.1, -0.05) is 35.9 Å². The predicted molar refractivity (Wildman–Crippen MR) is 106 cm³/mol. The minimum atomic E-state index is -0.222. The summed E-state index contributed by atoms with van der Waals surface area (Å²) in [7, 11) is 0. The van der Waals surface area contributed by atoms with Crippen LogP contribution in [0.15, 0.2) is 41.8 Å².